The second kappa shape index (κ2) is 15.3. The van der Waals surface area contributed by atoms with Crippen molar-refractivity contribution >= 4 is 39.4 Å². The van der Waals surface area contributed by atoms with Crippen LogP contribution in [0.2, 0.25) is 5.15 Å². The van der Waals surface area contributed by atoms with Gasteiger partial charge in [0, 0.05) is 30.9 Å². The second-order valence-electron chi connectivity index (χ2n) is 15.2. The summed E-state index contributed by atoms with van der Waals surface area (Å²) in [6, 6.07) is 8.57. The van der Waals surface area contributed by atoms with E-state index in [1.165, 1.54) is 41.2 Å². The van der Waals surface area contributed by atoms with E-state index in [1.54, 1.807) is 11.0 Å². The summed E-state index contributed by atoms with van der Waals surface area (Å²) in [6.45, 7) is 10.7. The van der Waals surface area contributed by atoms with Crippen molar-refractivity contribution in [3.8, 4) is 11.7 Å². The van der Waals surface area contributed by atoms with Crippen molar-refractivity contribution in [2.24, 2.45) is 11.3 Å². The number of likely N-dealkylation sites (tertiary alicyclic amines) is 1. The third-order valence-corrected chi connectivity index (χ3v) is 10.8. The molecule has 4 heterocycles. The number of hydrogen-bond donors (Lipinski definition) is 2. The molecule has 3 aromatic heterocycles. The number of halogens is 4. The lowest BCUT2D eigenvalue weighted by atomic mass is 9.93. The first-order chi connectivity index (χ1) is 24.7. The van der Waals surface area contributed by atoms with Gasteiger partial charge in [-0.1, -0.05) is 17.7 Å². The number of nitrogens with zero attached hydrogens (tertiary/aromatic N) is 5. The zero-order valence-corrected chi connectivity index (χ0v) is 31.9. The molecule has 1 aliphatic carbocycles. The van der Waals surface area contributed by atoms with E-state index in [9.17, 15) is 31.2 Å². The summed E-state index contributed by atoms with van der Waals surface area (Å²) in [5.41, 5.74) is -2.71. The second-order valence-corrected chi connectivity index (χ2v) is 17.2. The lowest BCUT2D eigenvalue weighted by molar-refractivity contribution is -0.189. The molecule has 0 unspecified atom stereocenters. The normalized spacial score (nSPS) is 18.1. The third kappa shape index (κ3) is 10.1. The standard InChI is InChI=1S/C35H45ClF3N7O6S/c1-32(2,3)52-31(48)45-22-23(21-33(45,4)5)9-7-18-40-25-10-6-11-28(41-25)53(49,50)44-30(47)24-12-13-26(42-29(24)36)46-19-14-27(43-46)51-20-8-15-34(16-17-34)35(37,38)39/h6,10-14,19,23H,7-9,15-18,20-22H2,1-5H3,(H,40,41)(H,44,47)/t23-/m0/s1. The van der Waals surface area contributed by atoms with Crippen LogP contribution in [0.25, 0.3) is 5.82 Å². The van der Waals surface area contributed by atoms with Gasteiger partial charge in [0.15, 0.2) is 10.8 Å². The van der Waals surface area contributed by atoms with Crippen LogP contribution in [0.15, 0.2) is 47.6 Å². The fraction of sp³-hybridized carbons (Fsp3) is 0.571. The van der Waals surface area contributed by atoms with Gasteiger partial charge in [-0.25, -0.2) is 24.2 Å². The minimum absolute atomic E-state index is 0.00866. The summed E-state index contributed by atoms with van der Waals surface area (Å²) >= 11 is 6.27. The summed E-state index contributed by atoms with van der Waals surface area (Å²) in [7, 11) is -4.40. The number of rotatable bonds is 14. The van der Waals surface area contributed by atoms with E-state index in [0.717, 1.165) is 19.3 Å². The van der Waals surface area contributed by atoms with Crippen molar-refractivity contribution in [1.29, 1.82) is 0 Å². The van der Waals surface area contributed by atoms with Gasteiger partial charge in [0.1, 0.15) is 16.6 Å². The maximum Gasteiger partial charge on any atom is 0.410 e. The number of ether oxygens (including phenoxy) is 2. The van der Waals surface area contributed by atoms with Crippen LogP contribution in [-0.4, -0.2) is 82.1 Å². The van der Waals surface area contributed by atoms with E-state index < -0.39 is 33.1 Å². The molecule has 0 spiro atoms. The van der Waals surface area contributed by atoms with Crippen LogP contribution in [0.5, 0.6) is 5.88 Å². The Morgan fingerprint density at radius 2 is 1.79 bits per heavy atom. The molecule has 18 heteroatoms. The summed E-state index contributed by atoms with van der Waals surface area (Å²) in [4.78, 5) is 35.8. The van der Waals surface area contributed by atoms with Crippen LogP contribution < -0.4 is 14.8 Å². The summed E-state index contributed by atoms with van der Waals surface area (Å²) in [5.74, 6) is -0.0760. The Bertz CT molecular complexity index is 1910. The highest BCUT2D eigenvalue weighted by atomic mass is 35.5. The van der Waals surface area contributed by atoms with Gasteiger partial charge >= 0.3 is 12.3 Å². The van der Waals surface area contributed by atoms with E-state index in [2.05, 4.69) is 20.4 Å². The molecule has 3 aromatic rings. The van der Waals surface area contributed by atoms with Crippen molar-refractivity contribution in [2.45, 2.75) is 102 Å². The maximum atomic E-state index is 13.1. The molecular weight excluding hydrogens is 739 g/mol. The fourth-order valence-corrected chi connectivity index (χ4v) is 7.54. The average molecular weight is 784 g/mol. The van der Waals surface area contributed by atoms with Crippen LogP contribution in [-0.2, 0) is 14.8 Å². The lowest BCUT2D eigenvalue weighted by Gasteiger charge is -2.33. The minimum Gasteiger partial charge on any atom is -0.477 e. The van der Waals surface area contributed by atoms with Gasteiger partial charge in [-0.3, -0.25) is 4.79 Å². The van der Waals surface area contributed by atoms with Gasteiger partial charge in [-0.15, -0.1) is 5.10 Å². The van der Waals surface area contributed by atoms with Gasteiger partial charge in [-0.2, -0.15) is 21.6 Å². The van der Waals surface area contributed by atoms with E-state index in [4.69, 9.17) is 21.1 Å². The number of carbonyl (C=O) groups excluding carboxylic acids is 2. The molecule has 0 aromatic carbocycles. The number of nitrogens with one attached hydrogen (secondary N) is 2. The number of sulfonamides is 1. The average Bonchev–Trinajstić information content (AvgIpc) is 3.60. The van der Waals surface area contributed by atoms with Crippen molar-refractivity contribution in [3.63, 3.8) is 0 Å². The van der Waals surface area contributed by atoms with Crippen molar-refractivity contribution in [3.05, 3.63) is 53.3 Å². The Labute approximate surface area is 312 Å². The molecule has 2 N–H and O–H groups in total. The topological polar surface area (TPSA) is 158 Å². The smallest absolute Gasteiger partial charge is 0.410 e. The van der Waals surface area contributed by atoms with Gasteiger partial charge in [0.05, 0.1) is 17.6 Å². The molecule has 290 valence electrons. The highest BCUT2D eigenvalue weighted by Crippen LogP contribution is 2.60. The first-order valence-electron chi connectivity index (χ1n) is 17.4. The maximum absolute atomic E-state index is 13.1. The molecular formula is C35H45ClF3N7O6S. The van der Waals surface area contributed by atoms with Crippen LogP contribution in [0.4, 0.5) is 23.8 Å². The number of alkyl halides is 3. The molecule has 1 aliphatic heterocycles. The minimum atomic E-state index is -4.40. The zero-order chi connectivity index (χ0) is 38.8. The highest BCUT2D eigenvalue weighted by molar-refractivity contribution is 7.90. The number of aromatic nitrogens is 4. The predicted molar refractivity (Wildman–Crippen MR) is 191 cm³/mol. The zero-order valence-electron chi connectivity index (χ0n) is 30.3. The molecule has 5 rings (SSSR count). The Hall–Kier alpha value is -4.12. The SMILES string of the molecule is CC(C)(C)OC(=O)N1C[C@@H](CCCNc2cccc(S(=O)(=O)NC(=O)c3ccc(-n4ccc(OCCCC5(C(F)(F)F)CC5)n4)nc3Cl)n2)CC1(C)C. The van der Waals surface area contributed by atoms with Gasteiger partial charge in [-0.05, 0) is 110 Å². The number of hydrogen-bond acceptors (Lipinski definition) is 10. The van der Waals surface area contributed by atoms with Crippen LogP contribution in [0.1, 0.15) is 89.9 Å². The first kappa shape index (κ1) is 40.1. The van der Waals surface area contributed by atoms with Crippen LogP contribution >= 0.6 is 11.6 Å². The fourth-order valence-electron chi connectivity index (χ4n) is 6.36. The van der Waals surface area contributed by atoms with Gasteiger partial charge in [0.25, 0.3) is 15.9 Å². The number of amides is 2. The Balaban J connectivity index is 1.10. The molecule has 2 amide bonds. The molecule has 13 nitrogen and oxygen atoms in total. The summed E-state index contributed by atoms with van der Waals surface area (Å²) < 4.78 is 80.0. The Morgan fingerprint density at radius 1 is 1.06 bits per heavy atom. The van der Waals surface area contributed by atoms with Crippen molar-refractivity contribution in [1.82, 2.24) is 29.4 Å². The largest absolute Gasteiger partial charge is 0.477 e. The molecule has 0 radical (unpaired) electrons. The van der Waals surface area contributed by atoms with Crippen LogP contribution in [0, 0.1) is 11.3 Å². The molecule has 1 atom stereocenters. The Morgan fingerprint density at radius 3 is 2.45 bits per heavy atom. The monoisotopic (exact) mass is 783 g/mol. The quantitative estimate of drug-likeness (QED) is 0.127. The molecule has 2 aliphatic rings. The van der Waals surface area contributed by atoms with Crippen molar-refractivity contribution < 1.29 is 40.7 Å². The van der Waals surface area contributed by atoms with E-state index in [-0.39, 0.29) is 77.3 Å². The van der Waals surface area contributed by atoms with E-state index >= 15 is 0 Å². The summed E-state index contributed by atoms with van der Waals surface area (Å²) in [5, 5.41) is 6.65. The van der Waals surface area contributed by atoms with Gasteiger partial charge < -0.3 is 19.7 Å². The molecule has 0 bridgehead atoms. The molecule has 2 fully saturated rings. The number of anilines is 1. The Kier molecular flexibility index (Phi) is 11.6. The van der Waals surface area contributed by atoms with Gasteiger partial charge in [0.2, 0.25) is 5.88 Å². The third-order valence-electron chi connectivity index (χ3n) is 9.28. The summed E-state index contributed by atoms with van der Waals surface area (Å²) in [6.07, 6.45) is -0.130. The first-order valence-corrected chi connectivity index (χ1v) is 19.3. The van der Waals surface area contributed by atoms with Crippen LogP contribution in [0.3, 0.4) is 0 Å². The van der Waals surface area contributed by atoms with E-state index in [0.29, 0.717) is 18.9 Å². The molecule has 53 heavy (non-hydrogen) atoms. The van der Waals surface area contributed by atoms with Crippen molar-refractivity contribution in [2.75, 3.05) is 25.0 Å². The van der Waals surface area contributed by atoms with E-state index in [1.807, 2.05) is 39.3 Å². The number of pyridine rings is 2. The highest BCUT2D eigenvalue weighted by Gasteiger charge is 2.62. The predicted octanol–water partition coefficient (Wildman–Crippen LogP) is 7.16. The molecule has 1 saturated heterocycles. The molecule has 1 saturated carbocycles. The number of carbonyl (C=O) groups is 2. The lowest BCUT2D eigenvalue weighted by Crippen LogP contribution is -2.45.